The van der Waals surface area contributed by atoms with Crippen molar-refractivity contribution in [3.8, 4) is 5.88 Å². The first-order valence-corrected chi connectivity index (χ1v) is 9.29. The number of thiazole rings is 1. The van der Waals surface area contributed by atoms with E-state index < -0.39 is 0 Å². The minimum absolute atomic E-state index is 0.0611. The highest BCUT2D eigenvalue weighted by Gasteiger charge is 2.51. The summed E-state index contributed by atoms with van der Waals surface area (Å²) in [4.78, 5) is 23.3. The molecule has 2 aliphatic rings. The Morgan fingerprint density at radius 3 is 3.17 bits per heavy atom. The number of hydrogen-bond acceptors (Lipinski definition) is 5. The molecule has 0 aromatic carbocycles. The number of ether oxygens (including phenoxy) is 1. The van der Waals surface area contributed by atoms with E-state index in [9.17, 15) is 4.79 Å². The normalized spacial score (nSPS) is 25.7. The minimum atomic E-state index is 0.0611. The van der Waals surface area contributed by atoms with Crippen LogP contribution in [0.25, 0.3) is 0 Å². The quantitative estimate of drug-likeness (QED) is 0.856. The molecule has 0 spiro atoms. The number of pyridine rings is 1. The topological polar surface area (TPSA) is 55.3 Å². The van der Waals surface area contributed by atoms with E-state index in [-0.39, 0.29) is 11.3 Å². The maximum absolute atomic E-state index is 12.7. The van der Waals surface area contributed by atoms with Gasteiger partial charge in [0.1, 0.15) is 5.69 Å². The van der Waals surface area contributed by atoms with E-state index in [1.165, 1.54) is 24.2 Å². The molecular weight excluding hydrogens is 322 g/mol. The van der Waals surface area contributed by atoms with Gasteiger partial charge in [-0.15, -0.1) is 11.3 Å². The Morgan fingerprint density at radius 1 is 1.50 bits per heavy atom. The minimum Gasteiger partial charge on any atom is -0.477 e. The third kappa shape index (κ3) is 2.79. The highest BCUT2D eigenvalue weighted by Crippen LogP contribution is 2.49. The molecule has 2 fully saturated rings. The zero-order valence-corrected chi connectivity index (χ0v) is 14.6. The maximum Gasteiger partial charge on any atom is 0.273 e. The van der Waals surface area contributed by atoms with Crippen LogP contribution in [-0.2, 0) is 0 Å². The van der Waals surface area contributed by atoms with Crippen LogP contribution in [-0.4, -0.2) is 40.5 Å². The first-order valence-electron chi connectivity index (χ1n) is 8.42. The lowest BCUT2D eigenvalue weighted by atomic mass is 9.81. The standard InChI is InChI=1S/C18H21N3O2S/c1-13-20-15(10-24-13)17(22)21-9-14-5-4-7-18(14,11-21)12-23-16-6-2-3-8-19-16/h2-3,6,8,10,14H,4-5,7,9,11-12H2,1H3/t14-,18+/m0/s1. The maximum atomic E-state index is 12.7. The Morgan fingerprint density at radius 2 is 2.42 bits per heavy atom. The summed E-state index contributed by atoms with van der Waals surface area (Å²) in [5.41, 5.74) is 0.649. The molecule has 0 unspecified atom stereocenters. The van der Waals surface area contributed by atoms with Crippen molar-refractivity contribution in [2.45, 2.75) is 26.2 Å². The molecule has 0 bridgehead atoms. The molecule has 1 saturated carbocycles. The number of rotatable bonds is 4. The molecule has 2 aromatic heterocycles. The van der Waals surface area contributed by atoms with Crippen molar-refractivity contribution in [2.24, 2.45) is 11.3 Å². The largest absolute Gasteiger partial charge is 0.477 e. The van der Waals surface area contributed by atoms with Crippen LogP contribution in [0.1, 0.15) is 34.8 Å². The van der Waals surface area contributed by atoms with Crippen LogP contribution in [0, 0.1) is 18.3 Å². The number of hydrogen-bond donors (Lipinski definition) is 0. The molecular formula is C18H21N3O2S. The van der Waals surface area contributed by atoms with Gasteiger partial charge in [0, 0.05) is 36.1 Å². The van der Waals surface area contributed by atoms with Gasteiger partial charge in [-0.25, -0.2) is 9.97 Å². The fraction of sp³-hybridized carbons (Fsp3) is 0.500. The third-order valence-corrected chi connectivity index (χ3v) is 6.08. The summed E-state index contributed by atoms with van der Waals surface area (Å²) in [6.07, 6.45) is 5.25. The first kappa shape index (κ1) is 15.6. The van der Waals surface area contributed by atoms with Crippen molar-refractivity contribution >= 4 is 17.2 Å². The molecule has 2 atom stereocenters. The van der Waals surface area contributed by atoms with E-state index in [1.54, 1.807) is 6.20 Å². The van der Waals surface area contributed by atoms with Crippen LogP contribution in [0.2, 0.25) is 0 Å². The molecule has 1 aliphatic carbocycles. The van der Waals surface area contributed by atoms with Crippen molar-refractivity contribution in [1.82, 2.24) is 14.9 Å². The predicted octanol–water partition coefficient (Wildman–Crippen LogP) is 3.17. The molecule has 1 amide bonds. The molecule has 0 radical (unpaired) electrons. The number of aromatic nitrogens is 2. The lowest BCUT2D eigenvalue weighted by Crippen LogP contribution is -2.35. The van der Waals surface area contributed by atoms with Crippen molar-refractivity contribution in [3.63, 3.8) is 0 Å². The number of amides is 1. The summed E-state index contributed by atoms with van der Waals surface area (Å²) in [5.74, 6) is 1.24. The van der Waals surface area contributed by atoms with Gasteiger partial charge in [0.15, 0.2) is 0 Å². The Hall–Kier alpha value is -1.95. The molecule has 6 heteroatoms. The SMILES string of the molecule is Cc1nc(C(=O)N2C[C@@H]3CCC[C@]3(COc3ccccn3)C2)cs1. The highest BCUT2D eigenvalue weighted by molar-refractivity contribution is 7.09. The molecule has 1 aliphatic heterocycles. The Kier molecular flexibility index (Phi) is 4.00. The predicted molar refractivity (Wildman–Crippen MR) is 92.3 cm³/mol. The summed E-state index contributed by atoms with van der Waals surface area (Å²) in [6.45, 7) is 4.15. The summed E-state index contributed by atoms with van der Waals surface area (Å²) >= 11 is 1.53. The van der Waals surface area contributed by atoms with Crippen LogP contribution >= 0.6 is 11.3 Å². The van der Waals surface area contributed by atoms with E-state index in [4.69, 9.17) is 4.74 Å². The summed E-state index contributed by atoms with van der Waals surface area (Å²) in [5, 5.41) is 2.80. The fourth-order valence-electron chi connectivity index (χ4n) is 4.08. The van der Waals surface area contributed by atoms with E-state index in [0.29, 0.717) is 24.1 Å². The van der Waals surface area contributed by atoms with Crippen LogP contribution in [0.15, 0.2) is 29.8 Å². The highest BCUT2D eigenvalue weighted by atomic mass is 32.1. The number of nitrogens with zero attached hydrogens (tertiary/aromatic N) is 3. The van der Waals surface area contributed by atoms with Crippen molar-refractivity contribution < 1.29 is 9.53 Å². The number of fused-ring (bicyclic) bond motifs is 1. The Balaban J connectivity index is 1.47. The average molecular weight is 343 g/mol. The van der Waals surface area contributed by atoms with Gasteiger partial charge >= 0.3 is 0 Å². The van der Waals surface area contributed by atoms with Crippen LogP contribution in [0.3, 0.4) is 0 Å². The summed E-state index contributed by atoms with van der Waals surface area (Å²) in [6, 6.07) is 5.70. The van der Waals surface area contributed by atoms with Gasteiger partial charge in [0.2, 0.25) is 5.88 Å². The second-order valence-electron chi connectivity index (χ2n) is 6.85. The number of carbonyl (C=O) groups excluding carboxylic acids is 1. The second kappa shape index (κ2) is 6.16. The zero-order valence-electron chi connectivity index (χ0n) is 13.8. The van der Waals surface area contributed by atoms with Crippen LogP contribution in [0.5, 0.6) is 5.88 Å². The third-order valence-electron chi connectivity index (χ3n) is 5.31. The molecule has 24 heavy (non-hydrogen) atoms. The summed E-state index contributed by atoms with van der Waals surface area (Å²) < 4.78 is 5.97. The van der Waals surface area contributed by atoms with Gasteiger partial charge in [-0.05, 0) is 31.7 Å². The van der Waals surface area contributed by atoms with Crippen molar-refractivity contribution in [1.29, 1.82) is 0 Å². The molecule has 0 N–H and O–H groups in total. The fourth-order valence-corrected chi connectivity index (χ4v) is 4.67. The monoisotopic (exact) mass is 343 g/mol. The van der Waals surface area contributed by atoms with Gasteiger partial charge in [0.25, 0.3) is 5.91 Å². The lowest BCUT2D eigenvalue weighted by Gasteiger charge is -2.28. The average Bonchev–Trinajstić information content (AvgIpc) is 3.27. The van der Waals surface area contributed by atoms with E-state index in [2.05, 4.69) is 9.97 Å². The van der Waals surface area contributed by atoms with Gasteiger partial charge < -0.3 is 9.64 Å². The van der Waals surface area contributed by atoms with Crippen LogP contribution in [0.4, 0.5) is 0 Å². The van der Waals surface area contributed by atoms with Gasteiger partial charge in [0.05, 0.1) is 11.6 Å². The molecule has 2 aromatic rings. The number of aryl methyl sites for hydroxylation is 1. The van der Waals surface area contributed by atoms with E-state index in [0.717, 1.165) is 24.5 Å². The molecule has 5 nitrogen and oxygen atoms in total. The Bertz CT molecular complexity index is 733. The molecule has 3 heterocycles. The van der Waals surface area contributed by atoms with Crippen LogP contribution < -0.4 is 4.74 Å². The smallest absolute Gasteiger partial charge is 0.273 e. The summed E-state index contributed by atoms with van der Waals surface area (Å²) in [7, 11) is 0. The second-order valence-corrected chi connectivity index (χ2v) is 7.91. The molecule has 126 valence electrons. The van der Waals surface area contributed by atoms with E-state index in [1.807, 2.05) is 35.4 Å². The van der Waals surface area contributed by atoms with Gasteiger partial charge in [-0.2, -0.15) is 0 Å². The zero-order chi connectivity index (χ0) is 16.6. The molecule has 1 saturated heterocycles. The lowest BCUT2D eigenvalue weighted by molar-refractivity contribution is 0.0739. The van der Waals surface area contributed by atoms with Crippen molar-refractivity contribution in [3.05, 3.63) is 40.5 Å². The van der Waals surface area contributed by atoms with Gasteiger partial charge in [-0.3, -0.25) is 4.79 Å². The number of carbonyl (C=O) groups is 1. The van der Waals surface area contributed by atoms with Gasteiger partial charge in [-0.1, -0.05) is 12.5 Å². The van der Waals surface area contributed by atoms with Crippen molar-refractivity contribution in [2.75, 3.05) is 19.7 Å². The first-order chi connectivity index (χ1) is 11.7. The Labute approximate surface area is 145 Å². The number of likely N-dealkylation sites (tertiary alicyclic amines) is 1. The molecule has 4 rings (SSSR count). The van der Waals surface area contributed by atoms with E-state index >= 15 is 0 Å².